The maximum absolute atomic E-state index is 12.5. The Balaban J connectivity index is 1.21. The molecule has 1 aliphatic heterocycles. The van der Waals surface area contributed by atoms with Crippen molar-refractivity contribution < 1.29 is 4.79 Å². The number of aromatic nitrogens is 1. The first-order chi connectivity index (χ1) is 13.3. The molecule has 0 atom stereocenters. The number of nitrogens with one attached hydrogen (secondary N) is 2. The second-order valence-corrected chi connectivity index (χ2v) is 7.44. The molecule has 27 heavy (non-hydrogen) atoms. The van der Waals surface area contributed by atoms with Gasteiger partial charge >= 0.3 is 0 Å². The summed E-state index contributed by atoms with van der Waals surface area (Å²) >= 11 is 0. The van der Waals surface area contributed by atoms with Crippen molar-refractivity contribution in [1.82, 2.24) is 15.2 Å². The van der Waals surface area contributed by atoms with Gasteiger partial charge < -0.3 is 10.3 Å². The molecule has 4 nitrogen and oxygen atoms in total. The molecule has 2 N–H and O–H groups in total. The highest BCUT2D eigenvalue weighted by molar-refractivity contribution is 5.83. The van der Waals surface area contributed by atoms with Crippen LogP contribution in [0.2, 0.25) is 0 Å². The van der Waals surface area contributed by atoms with E-state index in [4.69, 9.17) is 0 Å². The Morgan fingerprint density at radius 2 is 1.78 bits per heavy atom. The fourth-order valence-electron chi connectivity index (χ4n) is 4.00. The largest absolute Gasteiger partial charge is 0.361 e. The number of nitrogens with zero attached hydrogens (tertiary/aromatic N) is 1. The number of rotatable bonds is 6. The van der Waals surface area contributed by atoms with Gasteiger partial charge in [0.2, 0.25) is 5.91 Å². The number of hydrogen-bond acceptors (Lipinski definition) is 2. The summed E-state index contributed by atoms with van der Waals surface area (Å²) in [6, 6.07) is 18.9. The van der Waals surface area contributed by atoms with Gasteiger partial charge in [-0.3, -0.25) is 9.69 Å². The normalized spacial score (nSPS) is 15.9. The van der Waals surface area contributed by atoms with Gasteiger partial charge in [0, 0.05) is 36.1 Å². The van der Waals surface area contributed by atoms with E-state index in [2.05, 4.69) is 69.9 Å². The van der Waals surface area contributed by atoms with Gasteiger partial charge in [0.05, 0.1) is 0 Å². The average molecular weight is 361 g/mol. The van der Waals surface area contributed by atoms with E-state index in [-0.39, 0.29) is 11.8 Å². The molecule has 0 unspecified atom stereocenters. The Kier molecular flexibility index (Phi) is 5.54. The molecule has 1 fully saturated rings. The minimum atomic E-state index is 0.153. The average Bonchev–Trinajstić information content (AvgIpc) is 3.12. The number of likely N-dealkylation sites (tertiary alicyclic amines) is 1. The van der Waals surface area contributed by atoms with Crippen LogP contribution in [0.15, 0.2) is 60.8 Å². The van der Waals surface area contributed by atoms with Crippen LogP contribution in [-0.4, -0.2) is 35.4 Å². The van der Waals surface area contributed by atoms with Crippen molar-refractivity contribution in [2.45, 2.75) is 25.8 Å². The molecule has 0 aliphatic carbocycles. The Morgan fingerprint density at radius 1 is 1.04 bits per heavy atom. The van der Waals surface area contributed by atoms with Crippen molar-refractivity contribution in [2.24, 2.45) is 5.92 Å². The minimum Gasteiger partial charge on any atom is -0.361 e. The molecular formula is C23H27N3O. The van der Waals surface area contributed by atoms with Crippen LogP contribution in [0.5, 0.6) is 0 Å². The first-order valence-electron chi connectivity index (χ1n) is 9.88. The third kappa shape index (κ3) is 4.40. The molecule has 140 valence electrons. The molecule has 4 rings (SSSR count). The number of piperidine rings is 1. The quantitative estimate of drug-likeness (QED) is 0.703. The standard InChI is InChI=1S/C23H27N3O/c27-23(24-13-10-20-16-25-22-9-5-4-8-21(20)22)19-11-14-26(15-12-19)17-18-6-2-1-3-7-18/h1-9,16,19,25H,10-15,17H2,(H,24,27). The van der Waals surface area contributed by atoms with E-state index in [1.807, 2.05) is 6.07 Å². The van der Waals surface area contributed by atoms with Gasteiger partial charge in [-0.2, -0.15) is 0 Å². The molecular weight excluding hydrogens is 334 g/mol. The van der Waals surface area contributed by atoms with Crippen LogP contribution in [0.4, 0.5) is 0 Å². The van der Waals surface area contributed by atoms with Crippen LogP contribution in [0.3, 0.4) is 0 Å². The van der Waals surface area contributed by atoms with Crippen LogP contribution in [0.25, 0.3) is 10.9 Å². The number of aromatic amines is 1. The van der Waals surface area contributed by atoms with E-state index in [9.17, 15) is 4.79 Å². The molecule has 1 aliphatic rings. The summed E-state index contributed by atoms with van der Waals surface area (Å²) in [4.78, 5) is 18.3. The lowest BCUT2D eigenvalue weighted by Gasteiger charge is -2.31. The van der Waals surface area contributed by atoms with E-state index >= 15 is 0 Å². The fourth-order valence-corrected chi connectivity index (χ4v) is 4.00. The zero-order valence-electron chi connectivity index (χ0n) is 15.7. The summed E-state index contributed by atoms with van der Waals surface area (Å²) in [6.45, 7) is 3.67. The predicted octanol–water partition coefficient (Wildman–Crippen LogP) is 3.74. The Morgan fingerprint density at radius 3 is 2.59 bits per heavy atom. The summed E-state index contributed by atoms with van der Waals surface area (Å²) < 4.78 is 0. The molecule has 1 aromatic heterocycles. The molecule has 1 saturated heterocycles. The van der Waals surface area contributed by atoms with Crippen molar-refractivity contribution in [3.63, 3.8) is 0 Å². The molecule has 1 amide bonds. The van der Waals surface area contributed by atoms with Gasteiger partial charge in [0.25, 0.3) is 0 Å². The smallest absolute Gasteiger partial charge is 0.223 e. The number of carbonyl (C=O) groups is 1. The lowest BCUT2D eigenvalue weighted by atomic mass is 9.95. The van der Waals surface area contributed by atoms with Gasteiger partial charge in [0.1, 0.15) is 0 Å². The van der Waals surface area contributed by atoms with Crippen LogP contribution < -0.4 is 5.32 Å². The van der Waals surface area contributed by atoms with Crippen LogP contribution in [0.1, 0.15) is 24.0 Å². The molecule has 0 radical (unpaired) electrons. The molecule has 4 heteroatoms. The Labute approximate surface area is 160 Å². The fraction of sp³-hybridized carbons (Fsp3) is 0.348. The van der Waals surface area contributed by atoms with Gasteiger partial charge in [-0.25, -0.2) is 0 Å². The van der Waals surface area contributed by atoms with Crippen LogP contribution >= 0.6 is 0 Å². The third-order valence-corrected chi connectivity index (χ3v) is 5.58. The summed E-state index contributed by atoms with van der Waals surface area (Å²) in [7, 11) is 0. The van der Waals surface area contributed by atoms with Gasteiger partial charge in [-0.1, -0.05) is 48.5 Å². The number of H-pyrrole nitrogens is 1. The highest BCUT2D eigenvalue weighted by Gasteiger charge is 2.24. The number of carbonyl (C=O) groups excluding carboxylic acids is 1. The first-order valence-corrected chi connectivity index (χ1v) is 9.88. The second kappa shape index (κ2) is 8.40. The van der Waals surface area contributed by atoms with E-state index in [1.165, 1.54) is 16.5 Å². The highest BCUT2D eigenvalue weighted by Crippen LogP contribution is 2.20. The number of benzene rings is 2. The van der Waals surface area contributed by atoms with E-state index < -0.39 is 0 Å². The Hall–Kier alpha value is -2.59. The molecule has 2 heterocycles. The van der Waals surface area contributed by atoms with Crippen molar-refractivity contribution in [1.29, 1.82) is 0 Å². The maximum atomic E-state index is 12.5. The predicted molar refractivity (Wildman–Crippen MR) is 109 cm³/mol. The Bertz CT molecular complexity index is 879. The number of para-hydroxylation sites is 1. The lowest BCUT2D eigenvalue weighted by molar-refractivity contribution is -0.126. The van der Waals surface area contributed by atoms with Gasteiger partial charge in [-0.05, 0) is 49.5 Å². The zero-order chi connectivity index (χ0) is 18.5. The minimum absolute atomic E-state index is 0.153. The molecule has 2 aromatic carbocycles. The third-order valence-electron chi connectivity index (χ3n) is 5.58. The maximum Gasteiger partial charge on any atom is 0.223 e. The van der Waals surface area contributed by atoms with Crippen LogP contribution in [-0.2, 0) is 17.8 Å². The molecule has 0 bridgehead atoms. The van der Waals surface area contributed by atoms with Crippen LogP contribution in [0, 0.1) is 5.92 Å². The van der Waals surface area contributed by atoms with Crippen molar-refractivity contribution in [3.05, 3.63) is 71.9 Å². The zero-order valence-corrected chi connectivity index (χ0v) is 15.7. The SMILES string of the molecule is O=C(NCCc1c[nH]c2ccccc12)C1CCN(Cc2ccccc2)CC1. The van der Waals surface area contributed by atoms with E-state index in [0.29, 0.717) is 6.54 Å². The number of amides is 1. The van der Waals surface area contributed by atoms with Crippen molar-refractivity contribution in [2.75, 3.05) is 19.6 Å². The summed E-state index contributed by atoms with van der Waals surface area (Å²) in [6.07, 6.45) is 4.82. The monoisotopic (exact) mass is 361 g/mol. The first kappa shape index (κ1) is 17.8. The lowest BCUT2D eigenvalue weighted by Crippen LogP contribution is -2.40. The topological polar surface area (TPSA) is 48.1 Å². The number of fused-ring (bicyclic) bond motifs is 1. The van der Waals surface area contributed by atoms with Gasteiger partial charge in [0.15, 0.2) is 0 Å². The number of hydrogen-bond donors (Lipinski definition) is 2. The molecule has 3 aromatic rings. The van der Waals surface area contributed by atoms with Gasteiger partial charge in [-0.15, -0.1) is 0 Å². The summed E-state index contributed by atoms with van der Waals surface area (Å²) in [5, 5.41) is 4.40. The van der Waals surface area contributed by atoms with E-state index in [0.717, 1.165) is 44.4 Å². The van der Waals surface area contributed by atoms with E-state index in [1.54, 1.807) is 0 Å². The van der Waals surface area contributed by atoms with Crippen molar-refractivity contribution >= 4 is 16.8 Å². The molecule has 0 spiro atoms. The van der Waals surface area contributed by atoms with Crippen molar-refractivity contribution in [3.8, 4) is 0 Å². The summed E-state index contributed by atoms with van der Waals surface area (Å²) in [5.74, 6) is 0.370. The second-order valence-electron chi connectivity index (χ2n) is 7.44. The summed E-state index contributed by atoms with van der Waals surface area (Å²) in [5.41, 5.74) is 3.77. The molecule has 0 saturated carbocycles. The highest BCUT2D eigenvalue weighted by atomic mass is 16.1.